The smallest absolute Gasteiger partial charge is 0.230 e. The molecule has 1 fully saturated rings. The van der Waals surface area contributed by atoms with Gasteiger partial charge in [0, 0.05) is 17.3 Å². The highest BCUT2D eigenvalue weighted by molar-refractivity contribution is 8.00. The molecule has 0 radical (unpaired) electrons. The van der Waals surface area contributed by atoms with Crippen LogP contribution < -0.4 is 5.32 Å². The summed E-state index contributed by atoms with van der Waals surface area (Å²) in [7, 11) is 0. The summed E-state index contributed by atoms with van der Waals surface area (Å²) < 4.78 is 0. The normalized spacial score (nSPS) is 15.0. The predicted molar refractivity (Wildman–Crippen MR) is 105 cm³/mol. The van der Waals surface area contributed by atoms with Crippen molar-refractivity contribution in [2.24, 2.45) is 0 Å². The van der Waals surface area contributed by atoms with Crippen molar-refractivity contribution in [1.29, 1.82) is 0 Å². The number of rotatable bonds is 6. The van der Waals surface area contributed by atoms with Crippen LogP contribution in [0.1, 0.15) is 24.2 Å². The van der Waals surface area contributed by atoms with Gasteiger partial charge in [0.2, 0.25) is 5.91 Å². The van der Waals surface area contributed by atoms with Crippen LogP contribution in [0.5, 0.6) is 0 Å². The van der Waals surface area contributed by atoms with Gasteiger partial charge in [0.15, 0.2) is 0 Å². The van der Waals surface area contributed by atoms with Gasteiger partial charge in [-0.3, -0.25) is 4.79 Å². The van der Waals surface area contributed by atoms with Crippen molar-refractivity contribution >= 4 is 28.6 Å². The average molecular weight is 363 g/mol. The van der Waals surface area contributed by atoms with Gasteiger partial charge in [0.1, 0.15) is 10.9 Å². The molecule has 0 spiro atoms. The van der Waals surface area contributed by atoms with Crippen molar-refractivity contribution in [3.8, 4) is 0 Å². The lowest BCUT2D eigenvalue weighted by Crippen LogP contribution is -2.33. The maximum absolute atomic E-state index is 12.4. The highest BCUT2D eigenvalue weighted by atomic mass is 32.2. The molecule has 1 aliphatic carbocycles. The third-order valence-corrected chi connectivity index (χ3v) is 5.87. The molecule has 26 heavy (non-hydrogen) atoms. The van der Waals surface area contributed by atoms with Crippen molar-refractivity contribution in [1.82, 2.24) is 15.3 Å². The molecule has 4 nitrogen and oxygen atoms in total. The minimum Gasteiger partial charge on any atom is -0.354 e. The number of thioether (sulfide) groups is 1. The van der Waals surface area contributed by atoms with E-state index in [1.807, 2.05) is 37.3 Å². The Kier molecular flexibility index (Phi) is 4.64. The maximum Gasteiger partial charge on any atom is 0.230 e. The first kappa shape index (κ1) is 17.0. The van der Waals surface area contributed by atoms with Gasteiger partial charge in [-0.25, -0.2) is 9.97 Å². The topological polar surface area (TPSA) is 54.9 Å². The molecule has 0 saturated heterocycles. The second-order valence-electron chi connectivity index (χ2n) is 6.80. The molecule has 2 aromatic carbocycles. The standard InChI is InChI=1S/C21H21N3OS/c1-15-23-18-10-6-5-9-17(18)20(24-15)26-13-19(25)22-14-21(11-12-21)16-7-3-2-4-8-16/h2-10H,11-14H2,1H3,(H,22,25). The molecule has 1 aliphatic rings. The summed E-state index contributed by atoms with van der Waals surface area (Å²) in [5.41, 5.74) is 2.38. The van der Waals surface area contributed by atoms with Gasteiger partial charge in [-0.05, 0) is 31.4 Å². The quantitative estimate of drug-likeness (QED) is 0.533. The third kappa shape index (κ3) is 3.58. The molecular formula is C21H21N3OS. The van der Waals surface area contributed by atoms with E-state index >= 15 is 0 Å². The number of nitrogens with one attached hydrogen (secondary N) is 1. The number of nitrogens with zero attached hydrogens (tertiary/aromatic N) is 2. The zero-order valence-electron chi connectivity index (χ0n) is 14.7. The Morgan fingerprint density at radius 3 is 2.58 bits per heavy atom. The van der Waals surface area contributed by atoms with E-state index in [1.165, 1.54) is 17.3 Å². The maximum atomic E-state index is 12.4. The van der Waals surface area contributed by atoms with Gasteiger partial charge in [-0.1, -0.05) is 60.3 Å². The summed E-state index contributed by atoms with van der Waals surface area (Å²) in [6, 6.07) is 18.4. The Bertz CT molecular complexity index is 938. The molecule has 3 aromatic rings. The molecule has 0 unspecified atom stereocenters. The molecule has 1 aromatic heterocycles. The Balaban J connectivity index is 1.38. The van der Waals surface area contributed by atoms with Gasteiger partial charge >= 0.3 is 0 Å². The van der Waals surface area contributed by atoms with Crippen LogP contribution in [0.15, 0.2) is 59.6 Å². The minimum absolute atomic E-state index is 0.0533. The largest absolute Gasteiger partial charge is 0.354 e. The van der Waals surface area contributed by atoms with Crippen LogP contribution in [0.25, 0.3) is 10.9 Å². The summed E-state index contributed by atoms with van der Waals surface area (Å²) in [5.74, 6) is 1.15. The second-order valence-corrected chi connectivity index (χ2v) is 7.77. The molecule has 1 N–H and O–H groups in total. The first-order chi connectivity index (χ1) is 12.7. The van der Waals surface area contributed by atoms with E-state index in [2.05, 4.69) is 39.6 Å². The molecule has 1 saturated carbocycles. The molecule has 132 valence electrons. The number of benzene rings is 2. The molecule has 0 aliphatic heterocycles. The van der Waals surface area contributed by atoms with E-state index < -0.39 is 0 Å². The molecule has 0 atom stereocenters. The van der Waals surface area contributed by atoms with Gasteiger partial charge in [0.25, 0.3) is 0 Å². The van der Waals surface area contributed by atoms with Crippen LogP contribution in [0.2, 0.25) is 0 Å². The van der Waals surface area contributed by atoms with Crippen LogP contribution in [-0.2, 0) is 10.2 Å². The van der Waals surface area contributed by atoms with E-state index in [9.17, 15) is 4.79 Å². The minimum atomic E-state index is 0.0533. The Labute approximate surface area is 157 Å². The molecule has 5 heteroatoms. The number of hydrogen-bond donors (Lipinski definition) is 1. The highest BCUT2D eigenvalue weighted by Crippen LogP contribution is 2.47. The van der Waals surface area contributed by atoms with Crippen molar-refractivity contribution in [2.75, 3.05) is 12.3 Å². The van der Waals surface area contributed by atoms with Gasteiger partial charge < -0.3 is 5.32 Å². The fraction of sp³-hybridized carbons (Fsp3) is 0.286. The van der Waals surface area contributed by atoms with E-state index in [0.29, 0.717) is 12.3 Å². The number of hydrogen-bond acceptors (Lipinski definition) is 4. The molecule has 4 rings (SSSR count). The van der Waals surface area contributed by atoms with Crippen molar-refractivity contribution in [3.05, 3.63) is 66.0 Å². The van der Waals surface area contributed by atoms with Crippen molar-refractivity contribution in [2.45, 2.75) is 30.2 Å². The van der Waals surface area contributed by atoms with Crippen LogP contribution in [0.4, 0.5) is 0 Å². The highest BCUT2D eigenvalue weighted by Gasteiger charge is 2.44. The molecule has 1 amide bonds. The number of fused-ring (bicyclic) bond motifs is 1. The van der Waals surface area contributed by atoms with Crippen LogP contribution in [0, 0.1) is 6.92 Å². The zero-order valence-corrected chi connectivity index (χ0v) is 15.6. The Morgan fingerprint density at radius 1 is 1.08 bits per heavy atom. The summed E-state index contributed by atoms with van der Waals surface area (Å²) >= 11 is 1.48. The first-order valence-corrected chi connectivity index (χ1v) is 9.83. The summed E-state index contributed by atoms with van der Waals surface area (Å²) in [5, 5.41) is 4.98. The van der Waals surface area contributed by atoms with Crippen molar-refractivity contribution in [3.63, 3.8) is 0 Å². The lowest BCUT2D eigenvalue weighted by Gasteiger charge is -2.16. The number of carbonyl (C=O) groups is 1. The monoisotopic (exact) mass is 363 g/mol. The molecular weight excluding hydrogens is 342 g/mol. The van der Waals surface area contributed by atoms with Gasteiger partial charge in [-0.2, -0.15) is 0 Å². The lowest BCUT2D eigenvalue weighted by atomic mass is 9.96. The summed E-state index contributed by atoms with van der Waals surface area (Å²) in [4.78, 5) is 21.3. The lowest BCUT2D eigenvalue weighted by molar-refractivity contribution is -0.118. The SMILES string of the molecule is Cc1nc(SCC(=O)NCC2(c3ccccc3)CC2)c2ccccc2n1. The second kappa shape index (κ2) is 7.08. The van der Waals surface area contributed by atoms with Gasteiger partial charge in [0.05, 0.1) is 11.3 Å². The third-order valence-electron chi connectivity index (χ3n) is 4.88. The average Bonchev–Trinajstić information content (AvgIpc) is 3.46. The molecule has 0 bridgehead atoms. The molecule has 1 heterocycles. The van der Waals surface area contributed by atoms with Crippen LogP contribution in [0.3, 0.4) is 0 Å². The fourth-order valence-corrected chi connectivity index (χ4v) is 4.13. The summed E-state index contributed by atoms with van der Waals surface area (Å²) in [6.45, 7) is 2.59. The number of aryl methyl sites for hydroxylation is 1. The van der Waals surface area contributed by atoms with E-state index in [1.54, 1.807) is 0 Å². The number of para-hydroxylation sites is 1. The first-order valence-electron chi connectivity index (χ1n) is 8.85. The zero-order chi connectivity index (χ0) is 18.0. The van der Waals surface area contributed by atoms with E-state index in [4.69, 9.17) is 0 Å². The van der Waals surface area contributed by atoms with Gasteiger partial charge in [-0.15, -0.1) is 0 Å². The Morgan fingerprint density at radius 2 is 1.81 bits per heavy atom. The van der Waals surface area contributed by atoms with E-state index in [-0.39, 0.29) is 11.3 Å². The number of aromatic nitrogens is 2. The Hall–Kier alpha value is -2.40. The summed E-state index contributed by atoms with van der Waals surface area (Å²) in [6.07, 6.45) is 2.28. The van der Waals surface area contributed by atoms with Crippen molar-refractivity contribution < 1.29 is 4.79 Å². The number of carbonyl (C=O) groups excluding carboxylic acids is 1. The van der Waals surface area contributed by atoms with Crippen LogP contribution in [-0.4, -0.2) is 28.2 Å². The van der Waals surface area contributed by atoms with E-state index in [0.717, 1.165) is 34.6 Å². The van der Waals surface area contributed by atoms with Crippen LogP contribution >= 0.6 is 11.8 Å². The predicted octanol–water partition coefficient (Wildman–Crippen LogP) is 3.88. The fourth-order valence-electron chi connectivity index (χ4n) is 3.23. The number of amides is 1.